The second kappa shape index (κ2) is 25.6. The highest BCUT2D eigenvalue weighted by atomic mass is 16.6. The highest BCUT2D eigenvalue weighted by molar-refractivity contribution is 5.69. The lowest BCUT2D eigenvalue weighted by atomic mass is 10.1. The fourth-order valence-corrected chi connectivity index (χ4v) is 3.06. The first-order chi connectivity index (χ1) is 15.7. The Kier molecular flexibility index (Phi) is 24.3. The van der Waals surface area contributed by atoms with Gasteiger partial charge in [-0.25, -0.2) is 0 Å². The Morgan fingerprint density at radius 1 is 0.750 bits per heavy atom. The summed E-state index contributed by atoms with van der Waals surface area (Å²) in [5.74, 6) is -0.297. The summed E-state index contributed by atoms with van der Waals surface area (Å²) in [6.07, 6.45) is 31.7. The van der Waals surface area contributed by atoms with Crippen molar-refractivity contribution in [2.75, 3.05) is 19.8 Å². The van der Waals surface area contributed by atoms with E-state index in [4.69, 9.17) is 9.47 Å². The van der Waals surface area contributed by atoms with Gasteiger partial charge in [-0.15, -0.1) is 0 Å². The number of carbonyl (C=O) groups excluding carboxylic acids is 1. The Bertz CT molecular complexity index is 520. The van der Waals surface area contributed by atoms with Gasteiger partial charge in [0, 0.05) is 13.0 Å². The van der Waals surface area contributed by atoms with Crippen molar-refractivity contribution < 1.29 is 19.4 Å². The average Bonchev–Trinajstić information content (AvgIpc) is 2.81. The van der Waals surface area contributed by atoms with E-state index in [0.29, 0.717) is 13.0 Å². The van der Waals surface area contributed by atoms with Crippen LogP contribution in [0.25, 0.3) is 0 Å². The third kappa shape index (κ3) is 23.0. The molecule has 0 amide bonds. The van der Waals surface area contributed by atoms with Gasteiger partial charge in [0.25, 0.3) is 0 Å². The molecule has 1 N–H and O–H groups in total. The second-order valence-corrected chi connectivity index (χ2v) is 7.99. The van der Waals surface area contributed by atoms with Crippen molar-refractivity contribution in [2.24, 2.45) is 0 Å². The van der Waals surface area contributed by atoms with Crippen LogP contribution < -0.4 is 0 Å². The summed E-state index contributed by atoms with van der Waals surface area (Å²) in [4.78, 5) is 11.2. The maximum atomic E-state index is 11.2. The molecule has 0 spiro atoms. The van der Waals surface area contributed by atoms with Gasteiger partial charge in [-0.05, 0) is 44.9 Å². The van der Waals surface area contributed by atoms with E-state index in [1.54, 1.807) is 6.92 Å². The van der Waals surface area contributed by atoms with Crippen molar-refractivity contribution >= 4 is 5.97 Å². The summed E-state index contributed by atoms with van der Waals surface area (Å²) in [5, 5.41) is 9.17. The molecular formula is C28H48O4. The Hall–Kier alpha value is -1.65. The van der Waals surface area contributed by atoms with Crippen LogP contribution in [0.3, 0.4) is 0 Å². The topological polar surface area (TPSA) is 55.8 Å². The van der Waals surface area contributed by atoms with E-state index in [0.717, 1.165) is 38.5 Å². The van der Waals surface area contributed by atoms with Crippen LogP contribution in [-0.2, 0) is 14.3 Å². The molecule has 4 nitrogen and oxygen atoms in total. The first kappa shape index (κ1) is 30.4. The molecule has 32 heavy (non-hydrogen) atoms. The number of carbonyl (C=O) groups is 1. The molecule has 0 aromatic heterocycles. The number of aliphatic hydroxyl groups is 1. The maximum absolute atomic E-state index is 11.2. The predicted molar refractivity (Wildman–Crippen MR) is 136 cm³/mol. The van der Waals surface area contributed by atoms with Crippen LogP contribution in [0.2, 0.25) is 0 Å². The van der Waals surface area contributed by atoms with Gasteiger partial charge in [0.1, 0.15) is 6.10 Å². The van der Waals surface area contributed by atoms with E-state index in [2.05, 4.69) is 55.5 Å². The highest BCUT2D eigenvalue weighted by Crippen LogP contribution is 2.09. The van der Waals surface area contributed by atoms with Gasteiger partial charge in [0.15, 0.2) is 0 Å². The number of aliphatic hydroxyl groups excluding tert-OH is 1. The Morgan fingerprint density at radius 2 is 1.28 bits per heavy atom. The molecule has 4 heteroatoms. The predicted octanol–water partition coefficient (Wildman–Crippen LogP) is 7.24. The van der Waals surface area contributed by atoms with Crippen LogP contribution in [0.4, 0.5) is 0 Å². The normalized spacial score (nSPS) is 13.2. The van der Waals surface area contributed by atoms with E-state index < -0.39 is 6.10 Å². The maximum Gasteiger partial charge on any atom is 0.305 e. The van der Waals surface area contributed by atoms with Gasteiger partial charge in [-0.2, -0.15) is 0 Å². The van der Waals surface area contributed by atoms with Gasteiger partial charge < -0.3 is 14.6 Å². The van der Waals surface area contributed by atoms with Crippen molar-refractivity contribution in [2.45, 2.75) is 103 Å². The monoisotopic (exact) mass is 448 g/mol. The van der Waals surface area contributed by atoms with Crippen molar-refractivity contribution in [3.63, 3.8) is 0 Å². The summed E-state index contributed by atoms with van der Waals surface area (Å²) in [7, 11) is 0. The summed E-state index contributed by atoms with van der Waals surface area (Å²) in [5.41, 5.74) is 0. The van der Waals surface area contributed by atoms with Gasteiger partial charge in [0.05, 0.1) is 13.2 Å². The minimum Gasteiger partial charge on any atom is -0.457 e. The molecule has 0 aliphatic rings. The lowest BCUT2D eigenvalue weighted by Gasteiger charge is -2.15. The molecule has 0 rings (SSSR count). The van der Waals surface area contributed by atoms with E-state index in [-0.39, 0.29) is 19.2 Å². The van der Waals surface area contributed by atoms with Crippen LogP contribution in [0, 0.1) is 0 Å². The summed E-state index contributed by atoms with van der Waals surface area (Å²) < 4.78 is 10.6. The first-order valence-corrected chi connectivity index (χ1v) is 12.7. The number of ether oxygens (including phenoxy) is 2. The standard InChI is InChI=1S/C28H48O4/c1-3-5-6-7-8-9-10-11-12-13-14-15-16-17-18-19-20-21-22-23-24-31-26-27(25-29)32-28(30)4-2/h5-6,8-9,11-12,14-15,27,29H,3-4,7,10,13,16-26H2,1-2H3/b6-5-,9-8-,12-11-,15-14-. The Labute approximate surface area is 197 Å². The summed E-state index contributed by atoms with van der Waals surface area (Å²) >= 11 is 0. The average molecular weight is 449 g/mol. The third-order valence-corrected chi connectivity index (χ3v) is 4.97. The second-order valence-electron chi connectivity index (χ2n) is 7.99. The lowest BCUT2D eigenvalue weighted by Crippen LogP contribution is -2.27. The molecule has 0 aliphatic carbocycles. The molecule has 0 saturated heterocycles. The fraction of sp³-hybridized carbons (Fsp3) is 0.679. The summed E-state index contributed by atoms with van der Waals surface area (Å²) in [6, 6.07) is 0. The summed E-state index contributed by atoms with van der Waals surface area (Å²) in [6.45, 7) is 4.64. The molecule has 0 bridgehead atoms. The first-order valence-electron chi connectivity index (χ1n) is 12.7. The minimum atomic E-state index is -0.535. The number of esters is 1. The van der Waals surface area contributed by atoms with E-state index in [1.807, 2.05) is 0 Å². The molecule has 0 radical (unpaired) electrons. The molecule has 1 unspecified atom stereocenters. The largest absolute Gasteiger partial charge is 0.457 e. The van der Waals surface area contributed by atoms with E-state index >= 15 is 0 Å². The molecule has 0 aromatic rings. The molecule has 0 fully saturated rings. The van der Waals surface area contributed by atoms with Crippen molar-refractivity contribution in [1.82, 2.24) is 0 Å². The van der Waals surface area contributed by atoms with Gasteiger partial charge in [-0.3, -0.25) is 4.79 Å². The number of hydrogen-bond donors (Lipinski definition) is 1. The van der Waals surface area contributed by atoms with Crippen molar-refractivity contribution in [3.8, 4) is 0 Å². The smallest absolute Gasteiger partial charge is 0.305 e. The molecular weight excluding hydrogens is 400 g/mol. The molecule has 1 atom stereocenters. The number of allylic oxidation sites excluding steroid dienone is 8. The van der Waals surface area contributed by atoms with Crippen LogP contribution in [0.5, 0.6) is 0 Å². The number of rotatable bonds is 22. The zero-order valence-corrected chi connectivity index (χ0v) is 20.7. The molecule has 0 heterocycles. The quantitative estimate of drug-likeness (QED) is 0.108. The van der Waals surface area contributed by atoms with Crippen LogP contribution in [0.1, 0.15) is 97.3 Å². The molecule has 184 valence electrons. The SMILES string of the molecule is CC/C=C\C/C=C\C/C=C\C/C=C\CCCCCCCCCOCC(CO)OC(=O)CC. The van der Waals surface area contributed by atoms with E-state index in [1.165, 1.54) is 38.5 Å². The number of hydrogen-bond acceptors (Lipinski definition) is 4. The Morgan fingerprint density at radius 3 is 1.84 bits per heavy atom. The molecule has 0 saturated carbocycles. The van der Waals surface area contributed by atoms with Crippen LogP contribution >= 0.6 is 0 Å². The van der Waals surface area contributed by atoms with Crippen LogP contribution in [-0.4, -0.2) is 37.0 Å². The minimum absolute atomic E-state index is 0.188. The van der Waals surface area contributed by atoms with E-state index in [9.17, 15) is 9.90 Å². The van der Waals surface area contributed by atoms with Crippen molar-refractivity contribution in [3.05, 3.63) is 48.6 Å². The third-order valence-electron chi connectivity index (χ3n) is 4.97. The zero-order chi connectivity index (χ0) is 23.5. The fourth-order valence-electron chi connectivity index (χ4n) is 3.06. The Balaban J connectivity index is 3.37. The van der Waals surface area contributed by atoms with Crippen molar-refractivity contribution in [1.29, 1.82) is 0 Å². The highest BCUT2D eigenvalue weighted by Gasteiger charge is 2.11. The van der Waals surface area contributed by atoms with Crippen LogP contribution in [0.15, 0.2) is 48.6 Å². The van der Waals surface area contributed by atoms with Gasteiger partial charge in [0.2, 0.25) is 0 Å². The van der Waals surface area contributed by atoms with Gasteiger partial charge in [-0.1, -0.05) is 94.6 Å². The zero-order valence-electron chi connectivity index (χ0n) is 20.7. The lowest BCUT2D eigenvalue weighted by molar-refractivity contribution is -0.154. The van der Waals surface area contributed by atoms with Gasteiger partial charge >= 0.3 is 5.97 Å². The molecule has 0 aromatic carbocycles. The number of unbranched alkanes of at least 4 members (excludes halogenated alkanes) is 7. The molecule has 0 aliphatic heterocycles.